The van der Waals surface area contributed by atoms with Crippen molar-refractivity contribution in [1.29, 1.82) is 0 Å². The van der Waals surface area contributed by atoms with Gasteiger partial charge in [-0.1, -0.05) is 6.07 Å². The van der Waals surface area contributed by atoms with Crippen molar-refractivity contribution >= 4 is 11.9 Å². The van der Waals surface area contributed by atoms with Gasteiger partial charge in [0.15, 0.2) is 6.10 Å². The molecule has 0 aliphatic rings. The number of hydrogen-bond acceptors (Lipinski definition) is 5. The molecule has 2 atom stereocenters. The number of phenolic OH excluding ortho intramolecular Hbond substituents is 2. The number of aryl methyl sites for hydroxylation is 2. The van der Waals surface area contributed by atoms with E-state index in [1.165, 1.54) is 30.3 Å². The van der Waals surface area contributed by atoms with Crippen molar-refractivity contribution in [2.75, 3.05) is 0 Å². The van der Waals surface area contributed by atoms with Crippen LogP contribution in [0.25, 0.3) is 0 Å². The molecule has 7 heteroatoms. The Morgan fingerprint density at radius 3 is 1.96 bits per heavy atom. The van der Waals surface area contributed by atoms with E-state index in [4.69, 9.17) is 5.11 Å². The summed E-state index contributed by atoms with van der Waals surface area (Å²) in [5, 5.41) is 47.8. The van der Waals surface area contributed by atoms with Gasteiger partial charge in [-0.15, -0.1) is 0 Å². The van der Waals surface area contributed by atoms with Crippen LogP contribution in [-0.4, -0.2) is 37.5 Å². The quantitative estimate of drug-likeness (QED) is 0.559. The fraction of sp³-hybridized carbons (Fsp3) is 0.222. The summed E-state index contributed by atoms with van der Waals surface area (Å²) in [6, 6.07) is 6.68. The van der Waals surface area contributed by atoms with E-state index in [1.807, 2.05) is 0 Å². The van der Waals surface area contributed by atoms with E-state index in [0.29, 0.717) is 16.7 Å². The lowest BCUT2D eigenvalue weighted by molar-refractivity contribution is -0.147. The molecular weight excluding hydrogens is 328 g/mol. The van der Waals surface area contributed by atoms with Gasteiger partial charge in [-0.2, -0.15) is 0 Å². The van der Waals surface area contributed by atoms with E-state index in [9.17, 15) is 30.0 Å². The maximum Gasteiger partial charge on any atom is 0.337 e. The molecule has 5 N–H and O–H groups in total. The third-order valence-corrected chi connectivity index (χ3v) is 4.07. The molecule has 25 heavy (non-hydrogen) atoms. The second-order valence-electron chi connectivity index (χ2n) is 5.82. The van der Waals surface area contributed by atoms with Gasteiger partial charge >= 0.3 is 11.9 Å². The van der Waals surface area contributed by atoms with Crippen LogP contribution in [0.5, 0.6) is 11.5 Å². The van der Waals surface area contributed by atoms with E-state index in [-0.39, 0.29) is 16.9 Å². The van der Waals surface area contributed by atoms with Crippen LogP contribution in [0.15, 0.2) is 30.3 Å². The highest BCUT2D eigenvalue weighted by molar-refractivity contribution is 5.82. The number of aliphatic hydroxyl groups is 1. The van der Waals surface area contributed by atoms with Gasteiger partial charge in [0.2, 0.25) is 0 Å². The molecule has 0 saturated carbocycles. The molecule has 0 saturated heterocycles. The summed E-state index contributed by atoms with van der Waals surface area (Å²) in [7, 11) is 0. The van der Waals surface area contributed by atoms with Crippen molar-refractivity contribution < 1.29 is 35.1 Å². The topological polar surface area (TPSA) is 135 Å². The molecule has 2 aromatic carbocycles. The van der Waals surface area contributed by atoms with E-state index in [2.05, 4.69) is 0 Å². The van der Waals surface area contributed by atoms with E-state index >= 15 is 0 Å². The predicted octanol–water partition coefficient (Wildman–Crippen LogP) is 2.05. The van der Waals surface area contributed by atoms with Crippen molar-refractivity contribution in [3.8, 4) is 11.5 Å². The lowest BCUT2D eigenvalue weighted by Gasteiger charge is -2.20. The number of carbonyl (C=O) groups is 2. The van der Waals surface area contributed by atoms with Crippen molar-refractivity contribution in [3.63, 3.8) is 0 Å². The largest absolute Gasteiger partial charge is 0.508 e. The normalized spacial score (nSPS) is 13.2. The van der Waals surface area contributed by atoms with Crippen LogP contribution in [0.4, 0.5) is 0 Å². The molecule has 0 radical (unpaired) electrons. The molecule has 0 amide bonds. The predicted molar refractivity (Wildman–Crippen MR) is 87.8 cm³/mol. The summed E-state index contributed by atoms with van der Waals surface area (Å²) < 4.78 is 0. The minimum atomic E-state index is -1.98. The van der Waals surface area contributed by atoms with E-state index < -0.39 is 29.7 Å². The average Bonchev–Trinajstić information content (AvgIpc) is 2.50. The van der Waals surface area contributed by atoms with E-state index in [1.54, 1.807) is 13.8 Å². The number of carboxylic acid groups (broad SMARTS) is 2. The Kier molecular flexibility index (Phi) is 4.99. The first-order chi connectivity index (χ1) is 11.6. The zero-order chi connectivity index (χ0) is 18.9. The summed E-state index contributed by atoms with van der Waals surface area (Å²) in [4.78, 5) is 22.9. The monoisotopic (exact) mass is 346 g/mol. The number of phenols is 2. The molecular formula is C18H18O7. The van der Waals surface area contributed by atoms with Gasteiger partial charge in [-0.25, -0.2) is 4.79 Å². The summed E-state index contributed by atoms with van der Waals surface area (Å²) in [6.45, 7) is 3.23. The Labute approximate surface area is 143 Å². The third kappa shape index (κ3) is 3.56. The molecule has 0 bridgehead atoms. The Balaban J connectivity index is 2.68. The van der Waals surface area contributed by atoms with Gasteiger partial charge in [-0.3, -0.25) is 4.79 Å². The molecule has 2 rings (SSSR count). The van der Waals surface area contributed by atoms with Crippen molar-refractivity contribution in [1.82, 2.24) is 0 Å². The number of aliphatic hydroxyl groups excluding tert-OH is 1. The highest BCUT2D eigenvalue weighted by Gasteiger charge is 2.29. The lowest BCUT2D eigenvalue weighted by atomic mass is 9.84. The van der Waals surface area contributed by atoms with Crippen molar-refractivity contribution in [2.45, 2.75) is 25.9 Å². The van der Waals surface area contributed by atoms with Crippen LogP contribution in [0.3, 0.4) is 0 Å². The minimum Gasteiger partial charge on any atom is -0.508 e. The second-order valence-corrected chi connectivity index (χ2v) is 5.82. The van der Waals surface area contributed by atoms with Crippen molar-refractivity contribution in [3.05, 3.63) is 58.1 Å². The Morgan fingerprint density at radius 2 is 1.44 bits per heavy atom. The number of hydrogen-bond donors (Lipinski definition) is 5. The Bertz CT molecular complexity index is 842. The summed E-state index contributed by atoms with van der Waals surface area (Å²) in [5.74, 6) is -4.32. The fourth-order valence-electron chi connectivity index (χ4n) is 2.81. The molecule has 0 aromatic heterocycles. The molecule has 0 heterocycles. The van der Waals surface area contributed by atoms with Gasteiger partial charge < -0.3 is 25.5 Å². The number of aromatic hydroxyl groups is 2. The number of benzene rings is 2. The Morgan fingerprint density at radius 1 is 0.840 bits per heavy atom. The molecule has 0 spiro atoms. The first kappa shape index (κ1) is 18.3. The lowest BCUT2D eigenvalue weighted by Crippen LogP contribution is -2.17. The van der Waals surface area contributed by atoms with Crippen LogP contribution in [0.1, 0.15) is 39.8 Å². The van der Waals surface area contributed by atoms with Crippen LogP contribution < -0.4 is 0 Å². The third-order valence-electron chi connectivity index (χ3n) is 4.07. The smallest absolute Gasteiger partial charge is 0.337 e. The molecule has 7 nitrogen and oxygen atoms in total. The van der Waals surface area contributed by atoms with Gasteiger partial charge in [0.05, 0.1) is 0 Å². The van der Waals surface area contributed by atoms with E-state index in [0.717, 1.165) is 0 Å². The first-order valence-electron chi connectivity index (χ1n) is 7.40. The number of carboxylic acids is 2. The summed E-state index contributed by atoms with van der Waals surface area (Å²) >= 11 is 0. The molecule has 2 aromatic rings. The molecule has 0 aliphatic heterocycles. The van der Waals surface area contributed by atoms with Gasteiger partial charge in [0, 0.05) is 5.56 Å². The van der Waals surface area contributed by atoms with Crippen LogP contribution in [0.2, 0.25) is 0 Å². The summed E-state index contributed by atoms with van der Waals surface area (Å²) in [6.07, 6.45) is -1.98. The highest BCUT2D eigenvalue weighted by Crippen LogP contribution is 2.36. The van der Waals surface area contributed by atoms with Gasteiger partial charge in [0.25, 0.3) is 0 Å². The number of rotatable bonds is 5. The standard InChI is InChI=1S/C18H18O7/c1-8-5-10(19)3-4-11(8)15(17(22)23)12-7-13(16(21)18(24)25)14(20)6-9(12)2/h3-7,15-16,19-21H,1-2H3,(H,22,23)(H,24,25). The van der Waals surface area contributed by atoms with Crippen LogP contribution in [0, 0.1) is 13.8 Å². The zero-order valence-corrected chi connectivity index (χ0v) is 13.6. The first-order valence-corrected chi connectivity index (χ1v) is 7.40. The van der Waals surface area contributed by atoms with Gasteiger partial charge in [0.1, 0.15) is 17.4 Å². The van der Waals surface area contributed by atoms with Crippen LogP contribution >= 0.6 is 0 Å². The summed E-state index contributed by atoms with van der Waals surface area (Å²) in [5.41, 5.74) is 1.35. The molecule has 0 aliphatic carbocycles. The molecule has 2 unspecified atom stereocenters. The van der Waals surface area contributed by atoms with Crippen molar-refractivity contribution in [2.24, 2.45) is 0 Å². The van der Waals surface area contributed by atoms with Crippen LogP contribution in [-0.2, 0) is 9.59 Å². The fourth-order valence-corrected chi connectivity index (χ4v) is 2.81. The maximum atomic E-state index is 11.9. The highest BCUT2D eigenvalue weighted by atomic mass is 16.4. The van der Waals surface area contributed by atoms with Gasteiger partial charge in [-0.05, 0) is 60.4 Å². The maximum absolute atomic E-state index is 11.9. The number of aliphatic carboxylic acids is 2. The molecule has 0 fully saturated rings. The SMILES string of the molecule is Cc1cc(O)ccc1C(C(=O)O)c1cc(C(O)C(=O)O)c(O)cc1C. The minimum absolute atomic E-state index is 0.00481. The molecule has 132 valence electrons. The Hall–Kier alpha value is -3.06. The second kappa shape index (κ2) is 6.82. The zero-order valence-electron chi connectivity index (χ0n) is 13.6. The average molecular weight is 346 g/mol.